The van der Waals surface area contributed by atoms with E-state index in [1.165, 1.54) is 18.6 Å². The van der Waals surface area contributed by atoms with Gasteiger partial charge in [0.2, 0.25) is 0 Å². The van der Waals surface area contributed by atoms with Gasteiger partial charge < -0.3 is 9.15 Å². The van der Waals surface area contributed by atoms with Crippen LogP contribution in [-0.4, -0.2) is 18.0 Å². The molecule has 14 heavy (non-hydrogen) atoms. The molecule has 0 radical (unpaired) electrons. The summed E-state index contributed by atoms with van der Waals surface area (Å²) in [4.78, 5) is 20.5. The molecule has 0 saturated heterocycles. The molecule has 0 aliphatic heterocycles. The molecular weight excluding hydrogens is 190 g/mol. The maximum absolute atomic E-state index is 10.9. The molecule has 0 fully saturated rings. The van der Waals surface area contributed by atoms with Gasteiger partial charge in [-0.2, -0.15) is 0 Å². The first-order chi connectivity index (χ1) is 6.65. The van der Waals surface area contributed by atoms with Crippen molar-refractivity contribution in [3.05, 3.63) is 40.0 Å². The van der Waals surface area contributed by atoms with Crippen molar-refractivity contribution in [1.82, 2.24) is 0 Å². The minimum atomic E-state index is -0.990. The van der Waals surface area contributed by atoms with Crippen LogP contribution in [0.1, 0.15) is 5.56 Å². The molecule has 0 aliphatic carbocycles. The first-order valence-corrected chi connectivity index (χ1v) is 3.61. The van der Waals surface area contributed by atoms with Gasteiger partial charge in [0.15, 0.2) is 0 Å². The number of rotatable bonds is 3. The molecule has 0 saturated carbocycles. The number of carbonyl (C=O) groups is 1. The Morgan fingerprint density at radius 1 is 1.71 bits per heavy atom. The highest BCUT2D eigenvalue weighted by Crippen LogP contribution is 2.08. The molecule has 1 rings (SSSR count). The molecule has 0 N–H and O–H groups in total. The molecule has 0 aromatic carbocycles. The summed E-state index contributed by atoms with van der Waals surface area (Å²) in [5, 5.41) is 10.4. The summed E-state index contributed by atoms with van der Waals surface area (Å²) >= 11 is 0. The Labute approximate surface area is 78.9 Å². The fourth-order valence-corrected chi connectivity index (χ4v) is 0.806. The number of nitro groups is 1. The zero-order valence-electron chi connectivity index (χ0n) is 7.30. The molecule has 0 unspecified atom stereocenters. The second-order valence-electron chi connectivity index (χ2n) is 2.33. The largest absolute Gasteiger partial charge is 0.472 e. The third-order valence-electron chi connectivity index (χ3n) is 1.44. The number of furan rings is 1. The van der Waals surface area contributed by atoms with Crippen LogP contribution in [0, 0.1) is 10.1 Å². The van der Waals surface area contributed by atoms with Gasteiger partial charge in [0.25, 0.3) is 0 Å². The lowest BCUT2D eigenvalue weighted by molar-refractivity contribution is -0.419. The van der Waals surface area contributed by atoms with E-state index in [-0.39, 0.29) is 0 Å². The van der Waals surface area contributed by atoms with Crippen molar-refractivity contribution < 1.29 is 18.9 Å². The number of hydrogen-bond donors (Lipinski definition) is 0. The van der Waals surface area contributed by atoms with Crippen LogP contribution in [0.5, 0.6) is 0 Å². The summed E-state index contributed by atoms with van der Waals surface area (Å²) in [6.45, 7) is 0. The van der Waals surface area contributed by atoms with E-state index in [9.17, 15) is 14.9 Å². The summed E-state index contributed by atoms with van der Waals surface area (Å²) in [6, 6.07) is 1.49. The second-order valence-corrected chi connectivity index (χ2v) is 2.33. The Balaban J connectivity index is 2.99. The predicted octanol–water partition coefficient (Wildman–Crippen LogP) is 1.07. The lowest BCUT2D eigenvalue weighted by atomic mass is 10.3. The molecule has 0 spiro atoms. The van der Waals surface area contributed by atoms with Crippen LogP contribution in [0.15, 0.2) is 28.7 Å². The number of ether oxygens (including phenoxy) is 1. The summed E-state index contributed by atoms with van der Waals surface area (Å²) in [6.07, 6.45) is 3.71. The van der Waals surface area contributed by atoms with Crippen LogP contribution in [0.25, 0.3) is 6.08 Å². The van der Waals surface area contributed by atoms with Crippen molar-refractivity contribution in [3.63, 3.8) is 0 Å². The molecule has 6 nitrogen and oxygen atoms in total. The van der Waals surface area contributed by atoms with Gasteiger partial charge in [0.1, 0.15) is 0 Å². The molecule has 0 atom stereocenters. The van der Waals surface area contributed by atoms with E-state index in [2.05, 4.69) is 9.15 Å². The first-order valence-electron chi connectivity index (χ1n) is 3.61. The monoisotopic (exact) mass is 197 g/mol. The Morgan fingerprint density at radius 2 is 2.43 bits per heavy atom. The van der Waals surface area contributed by atoms with Crippen molar-refractivity contribution in [2.24, 2.45) is 0 Å². The molecule has 0 bridgehead atoms. The highest BCUT2D eigenvalue weighted by atomic mass is 16.6. The van der Waals surface area contributed by atoms with Gasteiger partial charge in [-0.15, -0.1) is 0 Å². The molecule has 6 heteroatoms. The number of methoxy groups -OCH3 is 1. The summed E-state index contributed by atoms with van der Waals surface area (Å²) in [5.41, 5.74) is -0.198. The minimum Gasteiger partial charge on any atom is -0.472 e. The fraction of sp³-hybridized carbons (Fsp3) is 0.125. The third-order valence-corrected chi connectivity index (χ3v) is 1.44. The summed E-state index contributed by atoms with van der Waals surface area (Å²) < 4.78 is 8.93. The van der Waals surface area contributed by atoms with Gasteiger partial charge in [-0.1, -0.05) is 0 Å². The van der Waals surface area contributed by atoms with Gasteiger partial charge in [-0.25, -0.2) is 4.79 Å². The second kappa shape index (κ2) is 4.22. The van der Waals surface area contributed by atoms with E-state index in [1.54, 1.807) is 0 Å². The topological polar surface area (TPSA) is 82.6 Å². The smallest absolute Gasteiger partial charge is 0.409 e. The third kappa shape index (κ3) is 2.19. The van der Waals surface area contributed by atoms with E-state index in [4.69, 9.17) is 0 Å². The Bertz CT molecular complexity index is 365. The highest BCUT2D eigenvalue weighted by Gasteiger charge is 2.22. The standard InChI is InChI=1S/C8H7NO5/c1-13-8(10)7(9(11)12)4-6-2-3-14-5-6/h2-5H,1H3. The highest BCUT2D eigenvalue weighted by molar-refractivity contribution is 5.90. The van der Waals surface area contributed by atoms with Crippen LogP contribution in [0.2, 0.25) is 0 Å². The Morgan fingerprint density at radius 3 is 2.86 bits per heavy atom. The number of nitrogens with zero attached hydrogens (tertiary/aromatic N) is 1. The maximum Gasteiger partial charge on any atom is 0.409 e. The molecule has 1 heterocycles. The molecule has 1 aromatic heterocycles. The summed E-state index contributed by atoms with van der Waals surface area (Å²) in [5.74, 6) is -0.990. The van der Waals surface area contributed by atoms with Gasteiger partial charge in [-0.3, -0.25) is 10.1 Å². The lowest BCUT2D eigenvalue weighted by Gasteiger charge is -1.94. The van der Waals surface area contributed by atoms with Crippen molar-refractivity contribution in [2.45, 2.75) is 0 Å². The minimum absolute atomic E-state index is 0.433. The van der Waals surface area contributed by atoms with Crippen molar-refractivity contribution >= 4 is 12.0 Å². The predicted molar refractivity (Wildman–Crippen MR) is 45.7 cm³/mol. The van der Waals surface area contributed by atoms with Gasteiger partial charge in [0.05, 0.1) is 24.6 Å². The van der Waals surface area contributed by atoms with E-state index in [1.807, 2.05) is 0 Å². The number of carbonyl (C=O) groups excluding carboxylic acids is 1. The maximum atomic E-state index is 10.9. The molecule has 0 amide bonds. The number of hydrogen-bond acceptors (Lipinski definition) is 5. The number of esters is 1. The van der Waals surface area contributed by atoms with Crippen LogP contribution in [0.4, 0.5) is 0 Å². The van der Waals surface area contributed by atoms with Crippen molar-refractivity contribution in [1.29, 1.82) is 0 Å². The molecular formula is C8H7NO5. The van der Waals surface area contributed by atoms with Gasteiger partial charge in [0, 0.05) is 11.6 Å². The van der Waals surface area contributed by atoms with Crippen molar-refractivity contribution in [3.8, 4) is 0 Å². The SMILES string of the molecule is COC(=O)C(=Cc1ccoc1)[N+](=O)[O-]. The van der Waals surface area contributed by atoms with E-state index in [0.29, 0.717) is 5.56 Å². The first kappa shape index (κ1) is 9.97. The van der Waals surface area contributed by atoms with E-state index in [0.717, 1.165) is 13.2 Å². The fourth-order valence-electron chi connectivity index (χ4n) is 0.806. The Hall–Kier alpha value is -2.11. The zero-order valence-corrected chi connectivity index (χ0v) is 7.30. The normalized spacial score (nSPS) is 11.1. The zero-order chi connectivity index (χ0) is 10.6. The van der Waals surface area contributed by atoms with Gasteiger partial charge >= 0.3 is 11.7 Å². The lowest BCUT2D eigenvalue weighted by Crippen LogP contribution is -2.12. The molecule has 1 aromatic rings. The molecule has 0 aliphatic rings. The quantitative estimate of drug-likeness (QED) is 0.313. The Kier molecular flexibility index (Phi) is 3.01. The molecule has 74 valence electrons. The van der Waals surface area contributed by atoms with E-state index >= 15 is 0 Å². The average molecular weight is 197 g/mol. The van der Waals surface area contributed by atoms with Crippen LogP contribution in [0.3, 0.4) is 0 Å². The van der Waals surface area contributed by atoms with E-state index < -0.39 is 16.6 Å². The van der Waals surface area contributed by atoms with Gasteiger partial charge in [-0.05, 0) is 6.07 Å². The summed E-state index contributed by atoms with van der Waals surface area (Å²) in [7, 11) is 1.08. The van der Waals surface area contributed by atoms with Crippen LogP contribution < -0.4 is 0 Å². The average Bonchev–Trinajstić information content (AvgIpc) is 2.65. The van der Waals surface area contributed by atoms with Crippen molar-refractivity contribution in [2.75, 3.05) is 7.11 Å². The van der Waals surface area contributed by atoms with Crippen LogP contribution in [-0.2, 0) is 9.53 Å². The van der Waals surface area contributed by atoms with Crippen LogP contribution >= 0.6 is 0 Å².